The summed E-state index contributed by atoms with van der Waals surface area (Å²) in [7, 11) is 0. The van der Waals surface area contributed by atoms with Crippen molar-refractivity contribution in [3.8, 4) is 0 Å². The molecule has 0 bridgehead atoms. The van der Waals surface area contributed by atoms with E-state index < -0.39 is 11.7 Å². The molecule has 104 valence electrons. The molecule has 19 heavy (non-hydrogen) atoms. The van der Waals surface area contributed by atoms with Crippen molar-refractivity contribution in [2.75, 3.05) is 6.61 Å². The monoisotopic (exact) mass is 263 g/mol. The third kappa shape index (κ3) is 6.62. The standard InChI is InChI=1S/C15H21NO3/c1-15(2,3)19-14(18)16-11-13-7-4-6-12(10-13)8-5-9-17/h4-8,10,17H,9,11H2,1-3H3,(H,16,18). The molecule has 0 aliphatic carbocycles. The molecule has 0 saturated carbocycles. The summed E-state index contributed by atoms with van der Waals surface area (Å²) in [5.41, 5.74) is 1.47. The predicted octanol–water partition coefficient (Wildman–Crippen LogP) is 2.72. The lowest BCUT2D eigenvalue weighted by atomic mass is 10.1. The first-order valence-electron chi connectivity index (χ1n) is 6.24. The van der Waals surface area contributed by atoms with E-state index in [-0.39, 0.29) is 6.61 Å². The highest BCUT2D eigenvalue weighted by atomic mass is 16.6. The number of hydrogen-bond donors (Lipinski definition) is 2. The van der Waals surface area contributed by atoms with Crippen LogP contribution in [0.2, 0.25) is 0 Å². The minimum absolute atomic E-state index is 0.0143. The van der Waals surface area contributed by atoms with E-state index in [1.165, 1.54) is 0 Å². The summed E-state index contributed by atoms with van der Waals surface area (Å²) in [5.74, 6) is 0. The zero-order chi connectivity index (χ0) is 14.3. The summed E-state index contributed by atoms with van der Waals surface area (Å²) in [6, 6.07) is 7.71. The minimum Gasteiger partial charge on any atom is -0.444 e. The van der Waals surface area contributed by atoms with Gasteiger partial charge in [0.05, 0.1) is 6.61 Å². The van der Waals surface area contributed by atoms with Crippen molar-refractivity contribution >= 4 is 12.2 Å². The predicted molar refractivity (Wildman–Crippen MR) is 75.6 cm³/mol. The van der Waals surface area contributed by atoms with Gasteiger partial charge in [-0.25, -0.2) is 4.79 Å². The fraction of sp³-hybridized carbons (Fsp3) is 0.400. The van der Waals surface area contributed by atoms with Crippen molar-refractivity contribution in [1.29, 1.82) is 0 Å². The number of aliphatic hydroxyl groups excluding tert-OH is 1. The Bertz CT molecular complexity index is 447. The van der Waals surface area contributed by atoms with E-state index in [0.717, 1.165) is 11.1 Å². The number of benzene rings is 1. The number of aliphatic hydroxyl groups is 1. The average Bonchev–Trinajstić information content (AvgIpc) is 2.32. The molecular formula is C15H21NO3. The highest BCUT2D eigenvalue weighted by Crippen LogP contribution is 2.09. The number of amides is 1. The van der Waals surface area contributed by atoms with Gasteiger partial charge < -0.3 is 15.2 Å². The van der Waals surface area contributed by atoms with Crippen LogP contribution in [0.25, 0.3) is 6.08 Å². The normalized spacial score (nSPS) is 11.6. The zero-order valence-corrected chi connectivity index (χ0v) is 11.6. The lowest BCUT2D eigenvalue weighted by Gasteiger charge is -2.19. The molecule has 1 aromatic rings. The minimum atomic E-state index is -0.490. The molecule has 0 saturated heterocycles. The molecule has 0 radical (unpaired) electrons. The topological polar surface area (TPSA) is 58.6 Å². The number of nitrogens with one attached hydrogen (secondary N) is 1. The number of carbonyl (C=O) groups excluding carboxylic acids is 1. The molecule has 2 N–H and O–H groups in total. The van der Waals surface area contributed by atoms with Crippen LogP contribution in [-0.2, 0) is 11.3 Å². The first kappa shape index (κ1) is 15.2. The van der Waals surface area contributed by atoms with Crippen molar-refractivity contribution in [2.24, 2.45) is 0 Å². The van der Waals surface area contributed by atoms with Gasteiger partial charge in [0.1, 0.15) is 5.60 Å². The molecule has 1 rings (SSSR count). The fourth-order valence-corrected chi connectivity index (χ4v) is 1.48. The van der Waals surface area contributed by atoms with E-state index in [0.29, 0.717) is 6.54 Å². The Balaban J connectivity index is 2.54. The van der Waals surface area contributed by atoms with E-state index in [1.54, 1.807) is 6.08 Å². The Morgan fingerprint density at radius 1 is 1.42 bits per heavy atom. The van der Waals surface area contributed by atoms with Crippen molar-refractivity contribution in [3.63, 3.8) is 0 Å². The molecule has 4 heteroatoms. The Morgan fingerprint density at radius 3 is 2.79 bits per heavy atom. The maximum atomic E-state index is 11.5. The summed E-state index contributed by atoms with van der Waals surface area (Å²) >= 11 is 0. The summed E-state index contributed by atoms with van der Waals surface area (Å²) in [5, 5.41) is 11.4. The molecule has 0 unspecified atom stereocenters. The summed E-state index contributed by atoms with van der Waals surface area (Å²) in [6.45, 7) is 5.91. The van der Waals surface area contributed by atoms with Crippen molar-refractivity contribution in [1.82, 2.24) is 5.32 Å². The van der Waals surface area contributed by atoms with E-state index in [1.807, 2.05) is 51.1 Å². The Hall–Kier alpha value is -1.81. The molecule has 0 atom stereocenters. The van der Waals surface area contributed by atoms with Gasteiger partial charge in [0.2, 0.25) is 0 Å². The number of rotatable bonds is 4. The third-order valence-electron chi connectivity index (χ3n) is 2.20. The van der Waals surface area contributed by atoms with Crippen LogP contribution in [0.15, 0.2) is 30.3 Å². The van der Waals surface area contributed by atoms with Crippen LogP contribution < -0.4 is 5.32 Å². The van der Waals surface area contributed by atoms with E-state index in [2.05, 4.69) is 5.32 Å². The molecule has 0 aliphatic rings. The highest BCUT2D eigenvalue weighted by Gasteiger charge is 2.15. The Labute approximate surface area is 114 Å². The molecular weight excluding hydrogens is 242 g/mol. The van der Waals surface area contributed by atoms with Crippen molar-refractivity contribution in [3.05, 3.63) is 41.5 Å². The molecule has 1 aromatic carbocycles. The number of ether oxygens (including phenoxy) is 1. The van der Waals surface area contributed by atoms with Gasteiger partial charge >= 0.3 is 6.09 Å². The average molecular weight is 263 g/mol. The first-order chi connectivity index (χ1) is 8.90. The number of carbonyl (C=O) groups is 1. The summed E-state index contributed by atoms with van der Waals surface area (Å²) < 4.78 is 5.16. The smallest absolute Gasteiger partial charge is 0.407 e. The maximum Gasteiger partial charge on any atom is 0.407 e. The summed E-state index contributed by atoms with van der Waals surface area (Å²) in [6.07, 6.45) is 3.07. The van der Waals surface area contributed by atoms with Gasteiger partial charge in [-0.1, -0.05) is 30.4 Å². The van der Waals surface area contributed by atoms with Crippen LogP contribution in [-0.4, -0.2) is 23.4 Å². The van der Waals surface area contributed by atoms with Crippen LogP contribution in [0.4, 0.5) is 4.79 Å². The van der Waals surface area contributed by atoms with Gasteiger partial charge in [-0.3, -0.25) is 0 Å². The van der Waals surface area contributed by atoms with Crippen LogP contribution >= 0.6 is 0 Å². The Kier molecular flexibility index (Phi) is 5.57. The second-order valence-corrected chi connectivity index (χ2v) is 5.19. The van der Waals surface area contributed by atoms with Crippen LogP contribution in [0.5, 0.6) is 0 Å². The fourth-order valence-electron chi connectivity index (χ4n) is 1.48. The largest absolute Gasteiger partial charge is 0.444 e. The molecule has 0 aromatic heterocycles. The number of hydrogen-bond acceptors (Lipinski definition) is 3. The summed E-state index contributed by atoms with van der Waals surface area (Å²) in [4.78, 5) is 11.5. The molecule has 0 heterocycles. The Morgan fingerprint density at radius 2 is 2.16 bits per heavy atom. The van der Waals surface area contributed by atoms with Gasteiger partial charge in [0.15, 0.2) is 0 Å². The highest BCUT2D eigenvalue weighted by molar-refractivity contribution is 5.67. The maximum absolute atomic E-state index is 11.5. The molecule has 1 amide bonds. The molecule has 0 spiro atoms. The number of alkyl carbamates (subject to hydrolysis) is 1. The van der Waals surface area contributed by atoms with Gasteiger partial charge in [-0.2, -0.15) is 0 Å². The van der Waals surface area contributed by atoms with Crippen LogP contribution in [0, 0.1) is 0 Å². The lowest BCUT2D eigenvalue weighted by molar-refractivity contribution is 0.0523. The second-order valence-electron chi connectivity index (χ2n) is 5.19. The van der Waals surface area contributed by atoms with Crippen molar-refractivity contribution < 1.29 is 14.6 Å². The van der Waals surface area contributed by atoms with Gasteiger partial charge in [-0.05, 0) is 38.0 Å². The van der Waals surface area contributed by atoms with Gasteiger partial charge in [0, 0.05) is 6.54 Å². The van der Waals surface area contributed by atoms with Gasteiger partial charge in [0.25, 0.3) is 0 Å². The van der Waals surface area contributed by atoms with Crippen LogP contribution in [0.3, 0.4) is 0 Å². The molecule has 4 nitrogen and oxygen atoms in total. The van der Waals surface area contributed by atoms with Crippen molar-refractivity contribution in [2.45, 2.75) is 32.9 Å². The lowest BCUT2D eigenvalue weighted by Crippen LogP contribution is -2.32. The third-order valence-corrected chi connectivity index (χ3v) is 2.20. The van der Waals surface area contributed by atoms with Crippen LogP contribution in [0.1, 0.15) is 31.9 Å². The van der Waals surface area contributed by atoms with E-state index >= 15 is 0 Å². The quantitative estimate of drug-likeness (QED) is 0.878. The van der Waals surface area contributed by atoms with Gasteiger partial charge in [-0.15, -0.1) is 0 Å². The van der Waals surface area contributed by atoms with E-state index in [4.69, 9.17) is 9.84 Å². The molecule has 0 aliphatic heterocycles. The van der Waals surface area contributed by atoms with E-state index in [9.17, 15) is 4.79 Å². The molecule has 0 fully saturated rings. The SMILES string of the molecule is CC(C)(C)OC(=O)NCc1cccc(C=CCO)c1. The zero-order valence-electron chi connectivity index (χ0n) is 11.6. The second kappa shape index (κ2) is 6.95. The first-order valence-corrected chi connectivity index (χ1v) is 6.24.